The molecule has 0 spiro atoms. The molecule has 0 aromatic heterocycles. The SMILES string of the molecule is Cc1cccc(CSCC(=O)N(Cc2ccc(F)cc2)C(Cc2ccccc2)C(=O)NC(C)C)c1. The van der Waals surface area contributed by atoms with Crippen LogP contribution in [0.2, 0.25) is 0 Å². The van der Waals surface area contributed by atoms with Crippen molar-refractivity contribution in [1.29, 1.82) is 0 Å². The zero-order valence-corrected chi connectivity index (χ0v) is 21.4. The van der Waals surface area contributed by atoms with Gasteiger partial charge in [0.15, 0.2) is 0 Å². The maximum atomic E-state index is 13.5. The molecule has 3 aromatic carbocycles. The van der Waals surface area contributed by atoms with Crippen molar-refractivity contribution in [2.24, 2.45) is 0 Å². The quantitative estimate of drug-likeness (QED) is 0.383. The number of carbonyl (C=O) groups is 2. The molecule has 0 aliphatic carbocycles. The van der Waals surface area contributed by atoms with Gasteiger partial charge in [-0.3, -0.25) is 9.59 Å². The summed E-state index contributed by atoms with van der Waals surface area (Å²) in [5.41, 5.74) is 4.09. The van der Waals surface area contributed by atoms with Gasteiger partial charge in [-0.2, -0.15) is 0 Å². The Morgan fingerprint density at radius 1 is 0.914 bits per heavy atom. The number of halogens is 1. The van der Waals surface area contributed by atoms with Crippen LogP contribution in [0.4, 0.5) is 4.39 Å². The van der Waals surface area contributed by atoms with Crippen LogP contribution in [0.3, 0.4) is 0 Å². The fourth-order valence-electron chi connectivity index (χ4n) is 3.86. The van der Waals surface area contributed by atoms with E-state index in [0.29, 0.717) is 12.2 Å². The zero-order chi connectivity index (χ0) is 25.2. The van der Waals surface area contributed by atoms with E-state index in [1.54, 1.807) is 17.0 Å². The van der Waals surface area contributed by atoms with Crippen LogP contribution in [0.15, 0.2) is 78.9 Å². The standard InChI is InChI=1S/C29H33FN2O2S/c1-21(2)31-29(34)27(17-23-9-5-4-6-10-23)32(18-24-12-14-26(30)15-13-24)28(33)20-35-19-25-11-7-8-22(3)16-25/h4-16,21,27H,17-20H2,1-3H3,(H,31,34). The van der Waals surface area contributed by atoms with Crippen molar-refractivity contribution in [1.82, 2.24) is 10.2 Å². The Kier molecular flexibility index (Phi) is 9.91. The molecule has 4 nitrogen and oxygen atoms in total. The van der Waals surface area contributed by atoms with E-state index < -0.39 is 6.04 Å². The molecule has 0 aliphatic heterocycles. The summed E-state index contributed by atoms with van der Waals surface area (Å²) >= 11 is 1.53. The minimum absolute atomic E-state index is 0.0563. The first-order chi connectivity index (χ1) is 16.8. The average molecular weight is 493 g/mol. The van der Waals surface area contributed by atoms with Crippen molar-refractivity contribution >= 4 is 23.6 Å². The van der Waals surface area contributed by atoms with E-state index >= 15 is 0 Å². The molecule has 1 N–H and O–H groups in total. The second kappa shape index (κ2) is 13.1. The lowest BCUT2D eigenvalue weighted by atomic mass is 10.0. The summed E-state index contributed by atoms with van der Waals surface area (Å²) in [4.78, 5) is 28.5. The van der Waals surface area contributed by atoms with Gasteiger partial charge in [0.25, 0.3) is 0 Å². The number of aryl methyl sites for hydroxylation is 1. The van der Waals surface area contributed by atoms with Crippen molar-refractivity contribution in [2.45, 2.75) is 51.6 Å². The highest BCUT2D eigenvalue weighted by Gasteiger charge is 2.30. The summed E-state index contributed by atoms with van der Waals surface area (Å²) in [6, 6.07) is 23.3. The molecule has 3 rings (SSSR count). The van der Waals surface area contributed by atoms with E-state index in [-0.39, 0.29) is 36.0 Å². The smallest absolute Gasteiger partial charge is 0.243 e. The van der Waals surface area contributed by atoms with Crippen LogP contribution in [-0.4, -0.2) is 34.6 Å². The van der Waals surface area contributed by atoms with E-state index in [0.717, 1.165) is 16.7 Å². The Morgan fingerprint density at radius 3 is 2.26 bits per heavy atom. The van der Waals surface area contributed by atoms with Gasteiger partial charge in [-0.05, 0) is 49.6 Å². The first-order valence-corrected chi connectivity index (χ1v) is 13.0. The summed E-state index contributed by atoms with van der Waals surface area (Å²) in [5.74, 6) is 0.308. The maximum Gasteiger partial charge on any atom is 0.243 e. The highest BCUT2D eigenvalue weighted by molar-refractivity contribution is 7.99. The maximum absolute atomic E-state index is 13.5. The lowest BCUT2D eigenvalue weighted by Gasteiger charge is -2.32. The first kappa shape index (κ1) is 26.5. The molecule has 1 atom stereocenters. The molecule has 0 aliphatic rings. The number of thioether (sulfide) groups is 1. The third-order valence-corrected chi connectivity index (χ3v) is 6.53. The number of amides is 2. The van der Waals surface area contributed by atoms with Crippen LogP contribution in [0.1, 0.15) is 36.1 Å². The molecule has 184 valence electrons. The van der Waals surface area contributed by atoms with Crippen molar-refractivity contribution in [3.8, 4) is 0 Å². The molecule has 0 saturated heterocycles. The number of nitrogens with one attached hydrogen (secondary N) is 1. The third kappa shape index (κ3) is 8.55. The number of benzene rings is 3. The molecule has 0 saturated carbocycles. The van der Waals surface area contributed by atoms with E-state index in [2.05, 4.69) is 17.4 Å². The monoisotopic (exact) mass is 492 g/mol. The Labute approximate surface area is 211 Å². The van der Waals surface area contributed by atoms with Crippen LogP contribution < -0.4 is 5.32 Å². The fraction of sp³-hybridized carbons (Fsp3) is 0.310. The molecule has 6 heteroatoms. The Bertz CT molecular complexity index is 1100. The van der Waals surface area contributed by atoms with Gasteiger partial charge in [-0.25, -0.2) is 4.39 Å². The van der Waals surface area contributed by atoms with Gasteiger partial charge in [-0.15, -0.1) is 11.8 Å². The van der Waals surface area contributed by atoms with Crippen molar-refractivity contribution in [2.75, 3.05) is 5.75 Å². The largest absolute Gasteiger partial charge is 0.352 e. The van der Waals surface area contributed by atoms with Gasteiger partial charge in [0.1, 0.15) is 11.9 Å². The molecular formula is C29H33FN2O2S. The molecule has 1 unspecified atom stereocenters. The van der Waals surface area contributed by atoms with E-state index in [4.69, 9.17) is 0 Å². The summed E-state index contributed by atoms with van der Waals surface area (Å²) in [6.07, 6.45) is 0.398. The van der Waals surface area contributed by atoms with Gasteiger partial charge in [0.2, 0.25) is 11.8 Å². The van der Waals surface area contributed by atoms with E-state index in [9.17, 15) is 14.0 Å². The number of nitrogens with zero attached hydrogens (tertiary/aromatic N) is 1. The molecule has 0 bridgehead atoms. The van der Waals surface area contributed by atoms with E-state index in [1.807, 2.05) is 63.2 Å². The second-order valence-corrected chi connectivity index (χ2v) is 9.98. The van der Waals surface area contributed by atoms with Crippen LogP contribution in [-0.2, 0) is 28.3 Å². The number of carbonyl (C=O) groups excluding carboxylic acids is 2. The molecule has 3 aromatic rings. The number of hydrogen-bond donors (Lipinski definition) is 1. The third-order valence-electron chi connectivity index (χ3n) is 5.54. The fourth-order valence-corrected chi connectivity index (χ4v) is 4.72. The van der Waals surface area contributed by atoms with Crippen LogP contribution in [0.5, 0.6) is 0 Å². The molecule has 0 fully saturated rings. The lowest BCUT2D eigenvalue weighted by molar-refractivity contribution is -0.139. The minimum atomic E-state index is -0.683. The predicted molar refractivity (Wildman–Crippen MR) is 142 cm³/mol. The van der Waals surface area contributed by atoms with E-state index in [1.165, 1.54) is 29.5 Å². The number of hydrogen-bond acceptors (Lipinski definition) is 3. The summed E-state index contributed by atoms with van der Waals surface area (Å²) in [7, 11) is 0. The summed E-state index contributed by atoms with van der Waals surface area (Å²) < 4.78 is 13.5. The topological polar surface area (TPSA) is 49.4 Å². The minimum Gasteiger partial charge on any atom is -0.352 e. The highest BCUT2D eigenvalue weighted by atomic mass is 32.2. The molecule has 35 heavy (non-hydrogen) atoms. The second-order valence-electron chi connectivity index (χ2n) is 9.00. The lowest BCUT2D eigenvalue weighted by Crippen LogP contribution is -2.52. The van der Waals surface area contributed by atoms with Gasteiger partial charge in [0, 0.05) is 24.8 Å². The molecule has 0 radical (unpaired) electrons. The van der Waals surface area contributed by atoms with Gasteiger partial charge < -0.3 is 10.2 Å². The van der Waals surface area contributed by atoms with Gasteiger partial charge >= 0.3 is 0 Å². The molecular weight excluding hydrogens is 459 g/mol. The average Bonchev–Trinajstić information content (AvgIpc) is 2.82. The van der Waals surface area contributed by atoms with Crippen LogP contribution in [0.25, 0.3) is 0 Å². The van der Waals surface area contributed by atoms with Crippen molar-refractivity contribution in [3.05, 3.63) is 107 Å². The number of rotatable bonds is 11. The normalized spacial score (nSPS) is 11.8. The zero-order valence-electron chi connectivity index (χ0n) is 20.5. The predicted octanol–water partition coefficient (Wildman–Crippen LogP) is 5.53. The van der Waals surface area contributed by atoms with Gasteiger partial charge in [-0.1, -0.05) is 72.3 Å². The van der Waals surface area contributed by atoms with Crippen molar-refractivity contribution < 1.29 is 14.0 Å². The summed E-state index contributed by atoms with van der Waals surface area (Å²) in [5, 5.41) is 2.98. The Morgan fingerprint density at radius 2 is 1.60 bits per heavy atom. The summed E-state index contributed by atoms with van der Waals surface area (Å²) in [6.45, 7) is 6.08. The Balaban J connectivity index is 1.84. The first-order valence-electron chi connectivity index (χ1n) is 11.8. The molecule has 0 heterocycles. The van der Waals surface area contributed by atoms with Crippen LogP contribution in [0, 0.1) is 12.7 Å². The van der Waals surface area contributed by atoms with Crippen molar-refractivity contribution in [3.63, 3.8) is 0 Å². The highest BCUT2D eigenvalue weighted by Crippen LogP contribution is 2.19. The Hall–Kier alpha value is -3.12. The van der Waals surface area contributed by atoms with Crippen LogP contribution >= 0.6 is 11.8 Å². The van der Waals surface area contributed by atoms with Gasteiger partial charge in [0.05, 0.1) is 5.75 Å². The molecule has 2 amide bonds.